The second kappa shape index (κ2) is 4.47. The number of rotatable bonds is 3. The molecule has 0 fully saturated rings. The van der Waals surface area contributed by atoms with Gasteiger partial charge in [0, 0.05) is 22.6 Å². The molecule has 0 bridgehead atoms. The Morgan fingerprint density at radius 2 is 2.40 bits per heavy atom. The summed E-state index contributed by atoms with van der Waals surface area (Å²) in [5.41, 5.74) is 1.04. The molecule has 0 amide bonds. The lowest BCUT2D eigenvalue weighted by molar-refractivity contribution is 0.683. The number of hydrogen-bond donors (Lipinski definition) is 1. The van der Waals surface area contributed by atoms with Gasteiger partial charge < -0.3 is 9.88 Å². The zero-order valence-electron chi connectivity index (χ0n) is 8.57. The van der Waals surface area contributed by atoms with Crippen molar-refractivity contribution < 1.29 is 0 Å². The summed E-state index contributed by atoms with van der Waals surface area (Å²) >= 11 is 5.28. The number of aromatic nitrogens is 2. The largest absolute Gasteiger partial charge is 0.340 e. The normalized spacial score (nSPS) is 13.0. The lowest BCUT2D eigenvalue weighted by atomic mass is 10.2. The highest BCUT2D eigenvalue weighted by Crippen LogP contribution is 2.31. The van der Waals surface area contributed by atoms with Gasteiger partial charge in [0.05, 0.1) is 18.1 Å². The summed E-state index contributed by atoms with van der Waals surface area (Å²) in [6, 6.07) is 2.23. The van der Waals surface area contributed by atoms with Crippen LogP contribution in [0, 0.1) is 0 Å². The monoisotopic (exact) mass is 285 g/mol. The molecule has 0 aromatic carbocycles. The van der Waals surface area contributed by atoms with E-state index in [0.29, 0.717) is 0 Å². The van der Waals surface area contributed by atoms with Crippen molar-refractivity contribution in [3.05, 3.63) is 39.0 Å². The van der Waals surface area contributed by atoms with Gasteiger partial charge in [-0.05, 0) is 34.4 Å². The number of halogens is 1. The summed E-state index contributed by atoms with van der Waals surface area (Å²) in [6.07, 6.45) is 3.86. The van der Waals surface area contributed by atoms with Crippen molar-refractivity contribution in [1.29, 1.82) is 0 Å². The second-order valence-electron chi connectivity index (χ2n) is 3.32. The molecule has 0 radical (unpaired) electrons. The summed E-state index contributed by atoms with van der Waals surface area (Å²) < 4.78 is 3.10. The summed E-state index contributed by atoms with van der Waals surface area (Å²) in [7, 11) is 3.93. The van der Waals surface area contributed by atoms with E-state index in [1.807, 2.05) is 31.2 Å². The first-order chi connectivity index (χ1) is 7.22. The fraction of sp³-hybridized carbons (Fsp3) is 0.300. The topological polar surface area (TPSA) is 29.9 Å². The van der Waals surface area contributed by atoms with Crippen LogP contribution in [0.4, 0.5) is 0 Å². The van der Waals surface area contributed by atoms with E-state index >= 15 is 0 Å². The van der Waals surface area contributed by atoms with Gasteiger partial charge >= 0.3 is 0 Å². The molecule has 2 aromatic heterocycles. The standard InChI is InChI=1S/C10H12BrN3S/c1-12-9(8-5-14(2)6-13-8)10-7(11)3-4-15-10/h3-6,9,12H,1-2H3. The van der Waals surface area contributed by atoms with E-state index in [-0.39, 0.29) is 6.04 Å². The second-order valence-corrected chi connectivity index (χ2v) is 5.12. The van der Waals surface area contributed by atoms with Crippen LogP contribution in [0.5, 0.6) is 0 Å². The van der Waals surface area contributed by atoms with Gasteiger partial charge in [-0.15, -0.1) is 11.3 Å². The predicted octanol–water partition coefficient (Wildman–Crippen LogP) is 2.55. The van der Waals surface area contributed by atoms with E-state index in [9.17, 15) is 0 Å². The van der Waals surface area contributed by atoms with E-state index in [1.54, 1.807) is 11.3 Å². The number of nitrogens with zero attached hydrogens (tertiary/aromatic N) is 2. The van der Waals surface area contributed by atoms with Crippen LogP contribution < -0.4 is 5.32 Å². The first-order valence-corrected chi connectivity index (χ1v) is 6.27. The molecule has 0 saturated carbocycles. The third-order valence-corrected chi connectivity index (χ3v) is 4.15. The van der Waals surface area contributed by atoms with Crippen LogP contribution in [0.2, 0.25) is 0 Å². The van der Waals surface area contributed by atoms with Crippen LogP contribution in [0.15, 0.2) is 28.4 Å². The van der Waals surface area contributed by atoms with Crippen molar-refractivity contribution >= 4 is 27.3 Å². The minimum atomic E-state index is 0.167. The van der Waals surface area contributed by atoms with E-state index in [1.165, 1.54) is 4.88 Å². The number of thiophene rings is 1. The lowest BCUT2D eigenvalue weighted by Crippen LogP contribution is -2.17. The Balaban J connectivity index is 2.36. The van der Waals surface area contributed by atoms with Gasteiger partial charge in [-0.25, -0.2) is 4.98 Å². The Morgan fingerprint density at radius 1 is 1.60 bits per heavy atom. The molecule has 1 unspecified atom stereocenters. The molecule has 3 nitrogen and oxygen atoms in total. The molecule has 0 saturated heterocycles. The molecule has 0 spiro atoms. The molecule has 0 aliphatic carbocycles. The Morgan fingerprint density at radius 3 is 2.87 bits per heavy atom. The zero-order valence-corrected chi connectivity index (χ0v) is 11.0. The average molecular weight is 286 g/mol. The van der Waals surface area contributed by atoms with Crippen molar-refractivity contribution in [3.63, 3.8) is 0 Å². The van der Waals surface area contributed by atoms with Gasteiger partial charge in [0.1, 0.15) is 0 Å². The predicted molar refractivity (Wildman–Crippen MR) is 66.1 cm³/mol. The average Bonchev–Trinajstić information content (AvgIpc) is 2.79. The minimum Gasteiger partial charge on any atom is -0.340 e. The third kappa shape index (κ3) is 2.14. The van der Waals surface area contributed by atoms with Gasteiger partial charge in [0.2, 0.25) is 0 Å². The van der Waals surface area contributed by atoms with Gasteiger partial charge in [-0.3, -0.25) is 0 Å². The van der Waals surface area contributed by atoms with Gasteiger partial charge in [-0.1, -0.05) is 0 Å². The maximum atomic E-state index is 4.37. The number of imidazole rings is 1. The fourth-order valence-electron chi connectivity index (χ4n) is 1.51. The third-order valence-electron chi connectivity index (χ3n) is 2.22. The molecule has 0 aliphatic rings. The summed E-state index contributed by atoms with van der Waals surface area (Å²) in [5.74, 6) is 0. The Labute approximate surface area is 101 Å². The molecule has 15 heavy (non-hydrogen) atoms. The lowest BCUT2D eigenvalue weighted by Gasteiger charge is -2.12. The van der Waals surface area contributed by atoms with E-state index < -0.39 is 0 Å². The molecule has 2 rings (SSSR count). The smallest absolute Gasteiger partial charge is 0.0947 e. The van der Waals surface area contributed by atoms with E-state index in [4.69, 9.17) is 0 Å². The van der Waals surface area contributed by atoms with Crippen molar-refractivity contribution in [2.75, 3.05) is 7.05 Å². The summed E-state index contributed by atoms with van der Waals surface area (Å²) in [5, 5.41) is 5.36. The Kier molecular flexibility index (Phi) is 3.23. The Bertz CT molecular complexity index is 449. The maximum absolute atomic E-state index is 4.37. The van der Waals surface area contributed by atoms with Crippen molar-refractivity contribution in [3.8, 4) is 0 Å². The molecule has 80 valence electrons. The van der Waals surface area contributed by atoms with Crippen LogP contribution in [0.1, 0.15) is 16.6 Å². The van der Waals surface area contributed by atoms with Crippen LogP contribution in [-0.4, -0.2) is 16.6 Å². The molecule has 2 heterocycles. The first kappa shape index (κ1) is 10.9. The maximum Gasteiger partial charge on any atom is 0.0947 e. The van der Waals surface area contributed by atoms with E-state index in [2.05, 4.69) is 37.7 Å². The van der Waals surface area contributed by atoms with Crippen LogP contribution in [0.3, 0.4) is 0 Å². The van der Waals surface area contributed by atoms with Crippen LogP contribution in [0.25, 0.3) is 0 Å². The SMILES string of the molecule is CNC(c1cn(C)cn1)c1sccc1Br. The molecule has 1 atom stereocenters. The van der Waals surface area contributed by atoms with Crippen molar-refractivity contribution in [1.82, 2.24) is 14.9 Å². The van der Waals surface area contributed by atoms with Crippen molar-refractivity contribution in [2.45, 2.75) is 6.04 Å². The van der Waals surface area contributed by atoms with Crippen molar-refractivity contribution in [2.24, 2.45) is 7.05 Å². The highest BCUT2D eigenvalue weighted by Gasteiger charge is 2.18. The Hall–Kier alpha value is -0.650. The highest BCUT2D eigenvalue weighted by atomic mass is 79.9. The molecular weight excluding hydrogens is 274 g/mol. The number of nitrogens with one attached hydrogen (secondary N) is 1. The molecule has 0 aliphatic heterocycles. The van der Waals surface area contributed by atoms with Gasteiger partial charge in [-0.2, -0.15) is 0 Å². The van der Waals surface area contributed by atoms with Gasteiger partial charge in [0.25, 0.3) is 0 Å². The van der Waals surface area contributed by atoms with E-state index in [0.717, 1.165) is 10.2 Å². The summed E-state index contributed by atoms with van der Waals surface area (Å²) in [4.78, 5) is 5.63. The molecule has 2 aromatic rings. The van der Waals surface area contributed by atoms with Crippen LogP contribution >= 0.6 is 27.3 Å². The fourth-order valence-corrected chi connectivity index (χ4v) is 3.23. The molecule has 1 N–H and O–H groups in total. The summed E-state index contributed by atoms with van der Waals surface area (Å²) in [6.45, 7) is 0. The minimum absolute atomic E-state index is 0.167. The quantitative estimate of drug-likeness (QED) is 0.939. The molecular formula is C10H12BrN3S. The van der Waals surface area contributed by atoms with Gasteiger partial charge in [0.15, 0.2) is 0 Å². The zero-order chi connectivity index (χ0) is 10.8. The highest BCUT2D eigenvalue weighted by molar-refractivity contribution is 9.10. The first-order valence-electron chi connectivity index (χ1n) is 4.60. The van der Waals surface area contributed by atoms with Crippen LogP contribution in [-0.2, 0) is 7.05 Å². The number of aryl methyl sites for hydroxylation is 1. The number of hydrogen-bond acceptors (Lipinski definition) is 3. The molecule has 5 heteroatoms.